The topological polar surface area (TPSA) is 67.5 Å². The number of nitrogens with two attached hydrogens (primary N) is 1. The summed E-state index contributed by atoms with van der Waals surface area (Å²) in [4.78, 5) is 16.7. The van der Waals surface area contributed by atoms with Crippen LogP contribution >= 0.6 is 0 Å². The Balaban J connectivity index is 2.00. The van der Waals surface area contributed by atoms with Crippen molar-refractivity contribution in [2.45, 2.75) is 45.2 Å². The van der Waals surface area contributed by atoms with Crippen LogP contribution in [0.15, 0.2) is 4.99 Å². The van der Waals surface area contributed by atoms with Gasteiger partial charge < -0.3 is 11.1 Å². The summed E-state index contributed by atoms with van der Waals surface area (Å²) < 4.78 is 0. The first-order chi connectivity index (χ1) is 8.54. The quantitative estimate of drug-likeness (QED) is 0.782. The summed E-state index contributed by atoms with van der Waals surface area (Å²) in [6.45, 7) is 5.49. The summed E-state index contributed by atoms with van der Waals surface area (Å²) in [5.74, 6) is 1.29. The van der Waals surface area contributed by atoms with Crippen LogP contribution in [-0.2, 0) is 4.79 Å². The molecule has 4 aliphatic rings. The summed E-state index contributed by atoms with van der Waals surface area (Å²) >= 11 is 0. The molecule has 1 aliphatic carbocycles. The van der Waals surface area contributed by atoms with Crippen LogP contribution in [0.4, 0.5) is 0 Å². The van der Waals surface area contributed by atoms with Gasteiger partial charge in [-0.1, -0.05) is 13.8 Å². The number of primary amides is 1. The molecule has 1 amide bonds. The summed E-state index contributed by atoms with van der Waals surface area (Å²) in [5.41, 5.74) is 5.26. The van der Waals surface area contributed by atoms with Gasteiger partial charge in [-0.2, -0.15) is 0 Å². The monoisotopic (exact) mass is 249 g/mol. The molecule has 0 aromatic carbocycles. The highest BCUT2D eigenvalue weighted by Crippen LogP contribution is 2.52. The van der Waals surface area contributed by atoms with Gasteiger partial charge in [0, 0.05) is 12.3 Å². The maximum atomic E-state index is 12.1. The molecule has 4 nitrogen and oxygen atoms in total. The molecule has 1 saturated heterocycles. The summed E-state index contributed by atoms with van der Waals surface area (Å²) in [7, 11) is 0. The summed E-state index contributed by atoms with van der Waals surface area (Å²) in [5, 5.41) is 3.60. The molecule has 0 aromatic rings. The zero-order chi connectivity index (χ0) is 12.9. The first kappa shape index (κ1) is 12.2. The first-order valence-electron chi connectivity index (χ1n) is 7.12. The number of hydrogen-bond acceptors (Lipinski definition) is 3. The fourth-order valence-corrected chi connectivity index (χ4v) is 4.32. The van der Waals surface area contributed by atoms with E-state index in [1.807, 2.05) is 6.21 Å². The second-order valence-corrected chi connectivity index (χ2v) is 6.64. The van der Waals surface area contributed by atoms with E-state index in [0.29, 0.717) is 29.8 Å². The first-order valence-corrected chi connectivity index (χ1v) is 7.12. The standard InChI is InChI=1S/C14H23N3O/c1-8(2)5-10-12-11-9(3-4-16-12)6-14(10,7-17-11)13(15)18/h7-12,16H,3-6H2,1-2H3,(H2,15,18). The fraction of sp³-hybridized carbons (Fsp3) is 0.857. The molecule has 2 fully saturated rings. The second-order valence-electron chi connectivity index (χ2n) is 6.64. The van der Waals surface area contributed by atoms with E-state index in [1.165, 1.54) is 0 Å². The van der Waals surface area contributed by atoms with Gasteiger partial charge in [-0.25, -0.2) is 0 Å². The van der Waals surface area contributed by atoms with E-state index in [-0.39, 0.29) is 5.91 Å². The average molecular weight is 249 g/mol. The highest BCUT2D eigenvalue weighted by molar-refractivity contribution is 5.99. The second kappa shape index (κ2) is 4.05. The highest BCUT2D eigenvalue weighted by atomic mass is 16.1. The van der Waals surface area contributed by atoms with Crippen molar-refractivity contribution in [1.29, 1.82) is 0 Å². The van der Waals surface area contributed by atoms with Crippen LogP contribution in [0.5, 0.6) is 0 Å². The van der Waals surface area contributed by atoms with Crippen molar-refractivity contribution in [1.82, 2.24) is 5.32 Å². The van der Waals surface area contributed by atoms with Gasteiger partial charge in [-0.3, -0.25) is 9.79 Å². The minimum Gasteiger partial charge on any atom is -0.369 e. The number of hydrogen-bond donors (Lipinski definition) is 2. The molecule has 3 heterocycles. The van der Waals surface area contributed by atoms with Crippen molar-refractivity contribution in [3.8, 4) is 0 Å². The fourth-order valence-electron chi connectivity index (χ4n) is 4.32. The number of carbonyl (C=O) groups is 1. The maximum Gasteiger partial charge on any atom is 0.229 e. The Morgan fingerprint density at radius 3 is 3.06 bits per heavy atom. The minimum atomic E-state index is -0.484. The molecule has 5 unspecified atom stereocenters. The van der Waals surface area contributed by atoms with Gasteiger partial charge in [-0.15, -0.1) is 0 Å². The number of rotatable bonds is 3. The molecule has 1 saturated carbocycles. The van der Waals surface area contributed by atoms with Crippen LogP contribution in [0.3, 0.4) is 0 Å². The van der Waals surface area contributed by atoms with E-state index in [4.69, 9.17) is 5.73 Å². The molecule has 0 radical (unpaired) electrons. The molecule has 18 heavy (non-hydrogen) atoms. The van der Waals surface area contributed by atoms with E-state index in [0.717, 1.165) is 25.8 Å². The lowest BCUT2D eigenvalue weighted by atomic mass is 9.54. The van der Waals surface area contributed by atoms with Crippen molar-refractivity contribution < 1.29 is 4.79 Å². The minimum absolute atomic E-state index is 0.172. The summed E-state index contributed by atoms with van der Waals surface area (Å²) in [6, 6.07) is 0.737. The third kappa shape index (κ3) is 1.54. The average Bonchev–Trinajstić information content (AvgIpc) is 2.33. The zero-order valence-corrected chi connectivity index (χ0v) is 11.2. The number of carbonyl (C=O) groups excluding carboxylic acids is 1. The van der Waals surface area contributed by atoms with Crippen LogP contribution in [0.25, 0.3) is 0 Å². The Hall–Kier alpha value is -0.900. The zero-order valence-electron chi connectivity index (χ0n) is 11.2. The van der Waals surface area contributed by atoms with Crippen molar-refractivity contribution in [3.05, 3.63) is 0 Å². The molecule has 4 bridgehead atoms. The van der Waals surface area contributed by atoms with Crippen molar-refractivity contribution in [2.75, 3.05) is 6.54 Å². The van der Waals surface area contributed by atoms with Gasteiger partial charge in [0.05, 0.1) is 11.5 Å². The molecule has 5 atom stereocenters. The van der Waals surface area contributed by atoms with E-state index < -0.39 is 5.41 Å². The van der Waals surface area contributed by atoms with Crippen LogP contribution in [0.1, 0.15) is 33.1 Å². The van der Waals surface area contributed by atoms with E-state index in [1.54, 1.807) is 0 Å². The van der Waals surface area contributed by atoms with Gasteiger partial charge in [0.2, 0.25) is 5.91 Å². The lowest BCUT2D eigenvalue weighted by Crippen LogP contribution is -2.68. The van der Waals surface area contributed by atoms with Crippen molar-refractivity contribution in [2.24, 2.45) is 33.9 Å². The smallest absolute Gasteiger partial charge is 0.229 e. The Morgan fingerprint density at radius 2 is 2.39 bits per heavy atom. The molecule has 4 rings (SSSR count). The maximum absolute atomic E-state index is 12.1. The van der Waals surface area contributed by atoms with Crippen molar-refractivity contribution >= 4 is 12.1 Å². The third-order valence-electron chi connectivity index (χ3n) is 5.10. The van der Waals surface area contributed by atoms with Gasteiger partial charge in [0.25, 0.3) is 0 Å². The van der Waals surface area contributed by atoms with Gasteiger partial charge in [-0.05, 0) is 43.6 Å². The Kier molecular flexibility index (Phi) is 2.73. The van der Waals surface area contributed by atoms with Crippen LogP contribution in [0.2, 0.25) is 0 Å². The lowest BCUT2D eigenvalue weighted by molar-refractivity contribution is -0.132. The number of nitrogens with zero attached hydrogens (tertiary/aromatic N) is 1. The van der Waals surface area contributed by atoms with Crippen molar-refractivity contribution in [3.63, 3.8) is 0 Å². The number of piperidine rings is 1. The van der Waals surface area contributed by atoms with Crippen LogP contribution in [-0.4, -0.2) is 30.8 Å². The molecular weight excluding hydrogens is 226 g/mol. The molecule has 0 aromatic heterocycles. The Labute approximate surface area is 108 Å². The Bertz CT molecular complexity index is 393. The highest BCUT2D eigenvalue weighted by Gasteiger charge is 2.59. The van der Waals surface area contributed by atoms with E-state index in [2.05, 4.69) is 24.2 Å². The van der Waals surface area contributed by atoms with Gasteiger partial charge in [0.15, 0.2) is 0 Å². The Morgan fingerprint density at radius 1 is 1.61 bits per heavy atom. The number of aliphatic imine (C=N–C) groups is 1. The SMILES string of the molecule is CC(C)CC1C2NCCC3CC1(C(N)=O)C=NC32. The molecule has 3 aliphatic heterocycles. The lowest BCUT2D eigenvalue weighted by Gasteiger charge is -2.57. The van der Waals surface area contributed by atoms with Gasteiger partial charge >= 0.3 is 0 Å². The third-order valence-corrected chi connectivity index (χ3v) is 5.10. The molecule has 3 N–H and O–H groups in total. The van der Waals surface area contributed by atoms with Crippen LogP contribution in [0, 0.1) is 23.2 Å². The summed E-state index contributed by atoms with van der Waals surface area (Å²) in [6.07, 6.45) is 5.00. The van der Waals surface area contributed by atoms with Crippen LogP contribution < -0.4 is 11.1 Å². The molecule has 4 heteroatoms. The van der Waals surface area contributed by atoms with E-state index in [9.17, 15) is 4.79 Å². The normalized spacial score (nSPS) is 45.5. The van der Waals surface area contributed by atoms with E-state index >= 15 is 0 Å². The number of amides is 1. The molecular formula is C14H23N3O. The molecule has 100 valence electrons. The number of nitrogens with one attached hydrogen (secondary N) is 1. The largest absolute Gasteiger partial charge is 0.369 e. The molecule has 0 spiro atoms. The van der Waals surface area contributed by atoms with Gasteiger partial charge in [0.1, 0.15) is 0 Å². The predicted octanol–water partition coefficient (Wildman–Crippen LogP) is 0.955. The predicted molar refractivity (Wildman–Crippen MR) is 71.4 cm³/mol.